The predicted molar refractivity (Wildman–Crippen MR) is 82.5 cm³/mol. The summed E-state index contributed by atoms with van der Waals surface area (Å²) < 4.78 is 1.97. The Morgan fingerprint density at radius 1 is 1.33 bits per heavy atom. The molecular formula is C16H22N4O. The van der Waals surface area contributed by atoms with Gasteiger partial charge in [0, 0.05) is 25.0 Å². The number of carbonyl (C=O) groups is 1. The lowest BCUT2D eigenvalue weighted by molar-refractivity contribution is 0.0654. The molecular weight excluding hydrogens is 264 g/mol. The second-order valence-corrected chi connectivity index (χ2v) is 5.97. The molecule has 1 saturated heterocycles. The van der Waals surface area contributed by atoms with Gasteiger partial charge in [0.1, 0.15) is 11.3 Å². The van der Waals surface area contributed by atoms with E-state index in [-0.39, 0.29) is 5.91 Å². The Bertz CT molecular complexity index is 655. The van der Waals surface area contributed by atoms with Crippen molar-refractivity contribution in [3.05, 3.63) is 35.8 Å². The zero-order valence-corrected chi connectivity index (χ0v) is 12.9. The molecule has 1 aliphatic heterocycles. The highest BCUT2D eigenvalue weighted by Gasteiger charge is 2.26. The van der Waals surface area contributed by atoms with Crippen LogP contribution in [0.1, 0.15) is 29.0 Å². The molecule has 5 nitrogen and oxygen atoms in total. The fraction of sp³-hybridized carbons (Fsp3) is 0.500. The van der Waals surface area contributed by atoms with E-state index < -0.39 is 0 Å². The molecule has 1 fully saturated rings. The van der Waals surface area contributed by atoms with Crippen molar-refractivity contribution in [2.24, 2.45) is 0 Å². The topological polar surface area (TPSA) is 40.9 Å². The quantitative estimate of drug-likeness (QED) is 0.845. The second-order valence-electron chi connectivity index (χ2n) is 5.97. The van der Waals surface area contributed by atoms with Crippen LogP contribution in [-0.4, -0.2) is 58.3 Å². The van der Waals surface area contributed by atoms with Crippen molar-refractivity contribution in [1.82, 2.24) is 19.2 Å². The van der Waals surface area contributed by atoms with Crippen molar-refractivity contribution in [1.29, 1.82) is 0 Å². The van der Waals surface area contributed by atoms with Crippen LogP contribution < -0.4 is 0 Å². The van der Waals surface area contributed by atoms with E-state index in [1.165, 1.54) is 0 Å². The molecule has 0 radical (unpaired) electrons. The number of hydrogen-bond acceptors (Lipinski definition) is 3. The first kappa shape index (κ1) is 14.1. The minimum atomic E-state index is 0.0210. The third-order valence-electron chi connectivity index (χ3n) is 4.47. The van der Waals surface area contributed by atoms with Gasteiger partial charge in [0.2, 0.25) is 0 Å². The van der Waals surface area contributed by atoms with Gasteiger partial charge in [-0.25, -0.2) is 4.98 Å². The molecule has 3 heterocycles. The molecule has 0 aromatic carbocycles. The Labute approximate surface area is 125 Å². The first-order valence-corrected chi connectivity index (χ1v) is 7.46. The summed E-state index contributed by atoms with van der Waals surface area (Å²) in [6.45, 7) is 4.11. The van der Waals surface area contributed by atoms with Crippen molar-refractivity contribution >= 4 is 11.6 Å². The number of amides is 1. The average Bonchev–Trinajstić information content (AvgIpc) is 2.92. The van der Waals surface area contributed by atoms with Crippen LogP contribution in [0.25, 0.3) is 5.65 Å². The minimum Gasteiger partial charge on any atom is -0.337 e. The third kappa shape index (κ3) is 2.65. The zero-order chi connectivity index (χ0) is 15.0. The van der Waals surface area contributed by atoms with Gasteiger partial charge < -0.3 is 14.2 Å². The van der Waals surface area contributed by atoms with Gasteiger partial charge >= 0.3 is 0 Å². The second kappa shape index (κ2) is 5.48. The molecule has 0 atom stereocenters. The Hall–Kier alpha value is -1.88. The van der Waals surface area contributed by atoms with Crippen LogP contribution in [0.15, 0.2) is 24.4 Å². The molecule has 2 aromatic heterocycles. The molecule has 0 unspecified atom stereocenters. The van der Waals surface area contributed by atoms with Gasteiger partial charge in [0.05, 0.1) is 0 Å². The van der Waals surface area contributed by atoms with Gasteiger partial charge in [-0.15, -0.1) is 0 Å². The first-order chi connectivity index (χ1) is 10.1. The highest BCUT2D eigenvalue weighted by Crippen LogP contribution is 2.17. The summed E-state index contributed by atoms with van der Waals surface area (Å²) in [4.78, 5) is 21.3. The fourth-order valence-corrected chi connectivity index (χ4v) is 2.98. The van der Waals surface area contributed by atoms with Crippen molar-refractivity contribution < 1.29 is 4.79 Å². The van der Waals surface area contributed by atoms with Crippen LogP contribution in [-0.2, 0) is 0 Å². The number of piperidine rings is 1. The molecule has 2 aromatic rings. The summed E-state index contributed by atoms with van der Waals surface area (Å²) >= 11 is 0. The monoisotopic (exact) mass is 286 g/mol. The maximum absolute atomic E-state index is 12.6. The SMILES string of the molecule is Cc1cccc2nc(C(=O)N(C)C3CCN(C)CC3)cn12. The number of hydrogen-bond donors (Lipinski definition) is 0. The van der Waals surface area contributed by atoms with Crippen molar-refractivity contribution in [3.63, 3.8) is 0 Å². The Kier molecular flexibility index (Phi) is 3.68. The molecule has 0 N–H and O–H groups in total. The molecule has 1 aliphatic rings. The largest absolute Gasteiger partial charge is 0.337 e. The summed E-state index contributed by atoms with van der Waals surface area (Å²) in [5, 5.41) is 0. The van der Waals surface area contributed by atoms with E-state index in [0.29, 0.717) is 11.7 Å². The summed E-state index contributed by atoms with van der Waals surface area (Å²) in [5.41, 5.74) is 2.45. The van der Waals surface area contributed by atoms with Gasteiger partial charge in [0.25, 0.3) is 5.91 Å². The molecule has 3 rings (SSSR count). The molecule has 0 spiro atoms. The molecule has 5 heteroatoms. The lowest BCUT2D eigenvalue weighted by Gasteiger charge is -2.34. The zero-order valence-electron chi connectivity index (χ0n) is 12.9. The Morgan fingerprint density at radius 3 is 2.71 bits per heavy atom. The highest BCUT2D eigenvalue weighted by molar-refractivity contribution is 5.93. The Balaban J connectivity index is 1.81. The standard InChI is InChI=1S/C16H22N4O/c1-12-5-4-6-15-17-14(11-20(12)15)16(21)19(3)13-7-9-18(2)10-8-13/h4-6,11,13H,7-10H2,1-3H3. The number of aromatic nitrogens is 2. The number of likely N-dealkylation sites (tertiary alicyclic amines) is 1. The van der Waals surface area contributed by atoms with E-state index in [1.807, 2.05) is 47.7 Å². The predicted octanol–water partition coefficient (Wildman–Crippen LogP) is 1.81. The molecule has 0 aliphatic carbocycles. The number of nitrogens with zero attached hydrogens (tertiary/aromatic N) is 4. The summed E-state index contributed by atoms with van der Waals surface area (Å²) in [5.74, 6) is 0.0210. The van der Waals surface area contributed by atoms with Crippen LogP contribution in [0.3, 0.4) is 0 Å². The van der Waals surface area contributed by atoms with Gasteiger partial charge in [-0.1, -0.05) is 6.07 Å². The minimum absolute atomic E-state index is 0.0210. The number of pyridine rings is 1. The van der Waals surface area contributed by atoms with Crippen molar-refractivity contribution in [2.75, 3.05) is 27.2 Å². The van der Waals surface area contributed by atoms with Gasteiger partial charge in [-0.05, 0) is 52.0 Å². The number of fused-ring (bicyclic) bond motifs is 1. The normalized spacial score (nSPS) is 17.3. The summed E-state index contributed by atoms with van der Waals surface area (Å²) in [6, 6.07) is 6.23. The van der Waals surface area contributed by atoms with Crippen LogP contribution in [0.2, 0.25) is 0 Å². The number of imidazole rings is 1. The number of carbonyl (C=O) groups excluding carboxylic acids is 1. The molecule has 112 valence electrons. The molecule has 1 amide bonds. The lowest BCUT2D eigenvalue weighted by Crippen LogP contribution is -2.44. The van der Waals surface area contributed by atoms with Crippen LogP contribution in [0.4, 0.5) is 0 Å². The molecule has 0 bridgehead atoms. The van der Waals surface area contributed by atoms with Gasteiger partial charge in [-0.2, -0.15) is 0 Å². The van der Waals surface area contributed by atoms with Crippen molar-refractivity contribution in [3.8, 4) is 0 Å². The summed E-state index contributed by atoms with van der Waals surface area (Å²) in [6.07, 6.45) is 3.91. The number of rotatable bonds is 2. The number of aryl methyl sites for hydroxylation is 1. The Morgan fingerprint density at radius 2 is 2.05 bits per heavy atom. The third-order valence-corrected chi connectivity index (χ3v) is 4.47. The van der Waals surface area contributed by atoms with Gasteiger partial charge in [0.15, 0.2) is 0 Å². The molecule has 0 saturated carbocycles. The summed E-state index contributed by atoms with van der Waals surface area (Å²) in [7, 11) is 4.03. The average molecular weight is 286 g/mol. The van der Waals surface area contributed by atoms with Crippen LogP contribution in [0, 0.1) is 6.92 Å². The van der Waals surface area contributed by atoms with E-state index >= 15 is 0 Å². The van der Waals surface area contributed by atoms with E-state index in [4.69, 9.17) is 0 Å². The van der Waals surface area contributed by atoms with Crippen molar-refractivity contribution in [2.45, 2.75) is 25.8 Å². The smallest absolute Gasteiger partial charge is 0.274 e. The maximum atomic E-state index is 12.6. The maximum Gasteiger partial charge on any atom is 0.274 e. The lowest BCUT2D eigenvalue weighted by atomic mass is 10.0. The van der Waals surface area contributed by atoms with E-state index in [2.05, 4.69) is 16.9 Å². The molecule has 21 heavy (non-hydrogen) atoms. The first-order valence-electron chi connectivity index (χ1n) is 7.46. The van der Waals surface area contributed by atoms with E-state index in [9.17, 15) is 4.79 Å². The van der Waals surface area contributed by atoms with Gasteiger partial charge in [-0.3, -0.25) is 4.79 Å². The van der Waals surface area contributed by atoms with E-state index in [1.54, 1.807) is 0 Å². The fourth-order valence-electron chi connectivity index (χ4n) is 2.98. The van der Waals surface area contributed by atoms with Crippen LogP contribution in [0.5, 0.6) is 0 Å². The van der Waals surface area contributed by atoms with E-state index in [0.717, 1.165) is 37.3 Å². The highest BCUT2D eigenvalue weighted by atomic mass is 16.2. The van der Waals surface area contributed by atoms with Crippen LogP contribution >= 0.6 is 0 Å².